The maximum absolute atomic E-state index is 10.3. The van der Waals surface area contributed by atoms with Gasteiger partial charge in [-0.05, 0) is 21.9 Å². The molecule has 12 heavy (non-hydrogen) atoms. The molecule has 0 saturated carbocycles. The zero-order valence-electron chi connectivity index (χ0n) is 5.87. The van der Waals surface area contributed by atoms with Crippen LogP contribution in [0, 0.1) is 12.3 Å². The van der Waals surface area contributed by atoms with Gasteiger partial charge >= 0.3 is 5.97 Å². The zero-order chi connectivity index (χ0) is 9.14. The summed E-state index contributed by atoms with van der Waals surface area (Å²) in [5.74, 6) is 1.43. The Labute approximate surface area is 81.6 Å². The summed E-state index contributed by atoms with van der Waals surface area (Å²) in [6, 6.07) is 0. The Morgan fingerprint density at radius 2 is 2.50 bits per heavy atom. The lowest BCUT2D eigenvalue weighted by Gasteiger charge is -1.88. The number of thiazole rings is 1. The Morgan fingerprint density at radius 1 is 1.83 bits per heavy atom. The molecule has 0 spiro atoms. The number of nitrogens with zero attached hydrogens (tertiary/aromatic N) is 1. The molecule has 1 aromatic rings. The van der Waals surface area contributed by atoms with Gasteiger partial charge in [0.2, 0.25) is 0 Å². The van der Waals surface area contributed by atoms with Crippen LogP contribution in [-0.4, -0.2) is 16.1 Å². The van der Waals surface area contributed by atoms with E-state index in [0.717, 1.165) is 0 Å². The van der Waals surface area contributed by atoms with Crippen molar-refractivity contribution in [3.63, 3.8) is 0 Å². The van der Waals surface area contributed by atoms with Gasteiger partial charge in [0.15, 0.2) is 5.01 Å². The number of terminal acetylenes is 1. The Kier molecular flexibility index (Phi) is 2.84. The lowest BCUT2D eigenvalue weighted by molar-refractivity contribution is -0.136. The maximum atomic E-state index is 10.3. The van der Waals surface area contributed by atoms with Gasteiger partial charge in [0.25, 0.3) is 0 Å². The summed E-state index contributed by atoms with van der Waals surface area (Å²) >= 11 is 4.45. The van der Waals surface area contributed by atoms with Crippen molar-refractivity contribution in [1.29, 1.82) is 0 Å². The van der Waals surface area contributed by atoms with Crippen LogP contribution in [-0.2, 0) is 11.2 Å². The number of carbonyl (C=O) groups is 1. The van der Waals surface area contributed by atoms with Crippen molar-refractivity contribution in [2.75, 3.05) is 0 Å². The van der Waals surface area contributed by atoms with Crippen LogP contribution in [0.1, 0.15) is 10.7 Å². The summed E-state index contributed by atoms with van der Waals surface area (Å²) in [6.45, 7) is 0. The summed E-state index contributed by atoms with van der Waals surface area (Å²) in [5, 5.41) is 8.96. The van der Waals surface area contributed by atoms with E-state index in [0.29, 0.717) is 14.5 Å². The Morgan fingerprint density at radius 3 is 2.92 bits per heavy atom. The van der Waals surface area contributed by atoms with Crippen molar-refractivity contribution in [3.8, 4) is 12.3 Å². The molecule has 0 aliphatic carbocycles. The fraction of sp³-hybridized carbons (Fsp3) is 0.143. The molecule has 0 bridgehead atoms. The van der Waals surface area contributed by atoms with Crippen LogP contribution < -0.4 is 0 Å². The molecule has 0 radical (unpaired) electrons. The van der Waals surface area contributed by atoms with Crippen LogP contribution in [0.2, 0.25) is 0 Å². The quantitative estimate of drug-likeness (QED) is 0.805. The molecule has 1 aromatic heterocycles. The molecule has 1 heterocycles. The van der Waals surface area contributed by atoms with Crippen LogP contribution in [0.3, 0.4) is 0 Å². The van der Waals surface area contributed by atoms with E-state index < -0.39 is 5.97 Å². The molecule has 3 nitrogen and oxygen atoms in total. The van der Waals surface area contributed by atoms with Crippen LogP contribution in [0.4, 0.5) is 0 Å². The largest absolute Gasteiger partial charge is 0.481 e. The van der Waals surface area contributed by atoms with Crippen molar-refractivity contribution in [2.24, 2.45) is 0 Å². The zero-order valence-corrected chi connectivity index (χ0v) is 8.28. The third kappa shape index (κ3) is 2.06. The number of carboxylic acid groups (broad SMARTS) is 1. The molecule has 0 saturated heterocycles. The molecule has 5 heteroatoms. The smallest absolute Gasteiger partial charge is 0.309 e. The highest BCUT2D eigenvalue weighted by Gasteiger charge is 2.10. The van der Waals surface area contributed by atoms with E-state index in [4.69, 9.17) is 11.5 Å². The van der Waals surface area contributed by atoms with Gasteiger partial charge in [-0.15, -0.1) is 6.42 Å². The second kappa shape index (κ2) is 3.70. The average molecular weight is 246 g/mol. The van der Waals surface area contributed by atoms with Crippen molar-refractivity contribution in [1.82, 2.24) is 4.98 Å². The predicted molar refractivity (Wildman–Crippen MR) is 49.1 cm³/mol. The Bertz CT molecular complexity index is 353. The highest BCUT2D eigenvalue weighted by atomic mass is 79.9. The summed E-state index contributed by atoms with van der Waals surface area (Å²) in [5.41, 5.74) is 0.487. The third-order valence-electron chi connectivity index (χ3n) is 1.09. The predicted octanol–water partition coefficient (Wildman–Crippen LogP) is 1.51. The molecule has 0 aliphatic rings. The van der Waals surface area contributed by atoms with E-state index in [1.807, 2.05) is 0 Å². The maximum Gasteiger partial charge on any atom is 0.309 e. The van der Waals surface area contributed by atoms with Crippen molar-refractivity contribution < 1.29 is 9.90 Å². The van der Waals surface area contributed by atoms with Crippen molar-refractivity contribution in [2.45, 2.75) is 6.42 Å². The highest BCUT2D eigenvalue weighted by Crippen LogP contribution is 2.24. The van der Waals surface area contributed by atoms with Crippen molar-refractivity contribution >= 4 is 33.2 Å². The topological polar surface area (TPSA) is 50.2 Å². The summed E-state index contributed by atoms with van der Waals surface area (Å²) in [6.07, 6.45) is 4.99. The van der Waals surface area contributed by atoms with Crippen LogP contribution in [0.25, 0.3) is 0 Å². The van der Waals surface area contributed by atoms with E-state index in [1.54, 1.807) is 0 Å². The Balaban J connectivity index is 2.94. The molecule has 0 fully saturated rings. The summed E-state index contributed by atoms with van der Waals surface area (Å²) in [4.78, 5) is 14.2. The molecule has 62 valence electrons. The number of rotatable bonds is 2. The molecule has 0 aromatic carbocycles. The average Bonchev–Trinajstić information content (AvgIpc) is 2.31. The van der Waals surface area contributed by atoms with E-state index in [1.165, 1.54) is 11.3 Å². The minimum atomic E-state index is -0.912. The van der Waals surface area contributed by atoms with Gasteiger partial charge in [0.1, 0.15) is 0 Å². The number of halogens is 1. The molecule has 0 atom stereocenters. The van der Waals surface area contributed by atoms with E-state index in [-0.39, 0.29) is 6.42 Å². The van der Waals surface area contributed by atoms with Crippen molar-refractivity contribution in [3.05, 3.63) is 14.5 Å². The van der Waals surface area contributed by atoms with Gasteiger partial charge in [0, 0.05) is 0 Å². The second-order valence-corrected chi connectivity index (χ2v) is 4.27. The Hall–Kier alpha value is -0.860. The number of carboxylic acids is 1. The fourth-order valence-corrected chi connectivity index (χ4v) is 1.96. The van der Waals surface area contributed by atoms with Gasteiger partial charge in [0.05, 0.1) is 15.9 Å². The van der Waals surface area contributed by atoms with E-state index >= 15 is 0 Å². The second-order valence-electron chi connectivity index (χ2n) is 1.95. The van der Waals surface area contributed by atoms with E-state index in [2.05, 4.69) is 26.8 Å². The number of aromatic nitrogens is 1. The van der Waals surface area contributed by atoms with Gasteiger partial charge in [-0.2, -0.15) is 0 Å². The van der Waals surface area contributed by atoms with Crippen LogP contribution in [0.15, 0.2) is 3.79 Å². The minimum absolute atomic E-state index is 0.0984. The fourth-order valence-electron chi connectivity index (χ4n) is 0.647. The number of aliphatic carboxylic acids is 1. The lowest BCUT2D eigenvalue weighted by Crippen LogP contribution is -2.00. The van der Waals surface area contributed by atoms with Crippen LogP contribution >= 0.6 is 27.3 Å². The molecule has 0 aliphatic heterocycles. The molecular formula is C7H4BrNO2S. The first-order chi connectivity index (χ1) is 5.63. The SMILES string of the molecule is C#Cc1nc(CC(=O)O)c(Br)s1. The highest BCUT2D eigenvalue weighted by molar-refractivity contribution is 9.11. The van der Waals surface area contributed by atoms with Crippen LogP contribution in [0.5, 0.6) is 0 Å². The van der Waals surface area contributed by atoms with Gasteiger partial charge in [-0.1, -0.05) is 11.3 Å². The first kappa shape index (κ1) is 9.23. The lowest BCUT2D eigenvalue weighted by atomic mass is 10.3. The normalized spacial score (nSPS) is 9.33. The van der Waals surface area contributed by atoms with Gasteiger partial charge in [-0.25, -0.2) is 4.98 Å². The number of hydrogen-bond acceptors (Lipinski definition) is 3. The first-order valence-corrected chi connectivity index (χ1v) is 4.58. The van der Waals surface area contributed by atoms with Gasteiger partial charge < -0.3 is 5.11 Å². The summed E-state index contributed by atoms with van der Waals surface area (Å²) < 4.78 is 0.692. The molecule has 0 amide bonds. The molecular weight excluding hydrogens is 242 g/mol. The minimum Gasteiger partial charge on any atom is -0.481 e. The standard InChI is InChI=1S/C7H4BrNO2S/c1-2-5-9-4(3-6(10)11)7(8)12-5/h1H,3H2,(H,10,11). The molecule has 1 N–H and O–H groups in total. The number of hydrogen-bond donors (Lipinski definition) is 1. The molecule has 0 unspecified atom stereocenters. The monoisotopic (exact) mass is 245 g/mol. The molecule has 1 rings (SSSR count). The first-order valence-electron chi connectivity index (χ1n) is 2.97. The van der Waals surface area contributed by atoms with E-state index in [9.17, 15) is 4.79 Å². The van der Waals surface area contributed by atoms with Gasteiger partial charge in [-0.3, -0.25) is 4.79 Å². The summed E-state index contributed by atoms with van der Waals surface area (Å²) in [7, 11) is 0. The third-order valence-corrected chi connectivity index (χ3v) is 2.85.